The predicted molar refractivity (Wildman–Crippen MR) is 206 cm³/mol. The lowest BCUT2D eigenvalue weighted by molar-refractivity contribution is -0.250. The standard InChI is InChI=1S/C43H69NO6S/c1-28(2)29-13-18-43(25-34(45)44-21-23-51(10,49)24-22-44)20-19-41(8)30(37(29)43)11-12-32-40(7)16-15-33(39(5,6)31(40)14-17-42(32,41)9)50-36(48)27-38(3,4)26-35(46)47/h29-33,37H,1,10-27H2,2-9H3,(H,46,47)/t29-,30+,31-,32+,33-,37+,40-,41+,42+,43+/m0/s1. The number of aliphatic carboxylic acids is 1. The van der Waals surface area contributed by atoms with E-state index in [9.17, 15) is 23.7 Å². The van der Waals surface area contributed by atoms with Gasteiger partial charge in [-0.05, 0) is 143 Å². The molecular weight excluding hydrogens is 659 g/mol. The topological polar surface area (TPSA) is 101 Å². The Morgan fingerprint density at radius 2 is 1.53 bits per heavy atom. The van der Waals surface area contributed by atoms with E-state index < -0.39 is 20.9 Å². The first-order valence-corrected chi connectivity index (χ1v) is 22.2. The fourth-order valence-electron chi connectivity index (χ4n) is 14.3. The molecule has 6 rings (SSSR count). The zero-order valence-corrected chi connectivity index (χ0v) is 34.1. The van der Waals surface area contributed by atoms with E-state index in [4.69, 9.17) is 4.74 Å². The van der Waals surface area contributed by atoms with Crippen LogP contribution in [-0.2, 0) is 28.6 Å². The number of rotatable bonds is 8. The number of carbonyl (C=O) groups excluding carboxylic acids is 2. The molecule has 1 aliphatic heterocycles. The van der Waals surface area contributed by atoms with Crippen molar-refractivity contribution in [3.05, 3.63) is 12.2 Å². The number of esters is 1. The molecule has 8 heteroatoms. The molecule has 1 saturated heterocycles. The minimum atomic E-state index is -2.05. The molecule has 6 aliphatic rings. The maximum Gasteiger partial charge on any atom is 0.306 e. The summed E-state index contributed by atoms with van der Waals surface area (Å²) in [6.45, 7) is 24.1. The monoisotopic (exact) mass is 727 g/mol. The Morgan fingerprint density at radius 3 is 2.16 bits per heavy atom. The van der Waals surface area contributed by atoms with Crippen LogP contribution in [0.4, 0.5) is 0 Å². The molecule has 1 N–H and O–H groups in total. The van der Waals surface area contributed by atoms with Crippen molar-refractivity contribution in [2.75, 3.05) is 24.6 Å². The summed E-state index contributed by atoms with van der Waals surface area (Å²) in [7, 11) is -2.05. The SMILES string of the molecule is C=C(C)[C@@H]1CC[C@]2(CC(=O)N3CCS(=C)(=O)CC3)CC[C@]3(C)[C@H](CC[C@@H]4[C@@]5(C)CC[C@H](OC(=O)CC(C)(C)CC(=O)O)C(C)(C)[C@@H]5CC[C@]43C)[C@@H]12. The van der Waals surface area contributed by atoms with Crippen molar-refractivity contribution in [1.29, 1.82) is 0 Å². The number of hydrogen-bond acceptors (Lipinski definition) is 5. The zero-order valence-electron chi connectivity index (χ0n) is 33.2. The van der Waals surface area contributed by atoms with Gasteiger partial charge in [0.05, 0.1) is 12.8 Å². The zero-order chi connectivity index (χ0) is 37.6. The molecule has 0 unspecified atom stereocenters. The minimum Gasteiger partial charge on any atom is -0.481 e. The van der Waals surface area contributed by atoms with Crippen molar-refractivity contribution in [2.24, 2.45) is 62.1 Å². The number of fused-ring (bicyclic) bond motifs is 7. The molecule has 7 nitrogen and oxygen atoms in total. The van der Waals surface area contributed by atoms with Gasteiger partial charge in [-0.3, -0.25) is 18.6 Å². The molecular formula is C43H69NO6S. The van der Waals surface area contributed by atoms with E-state index in [-0.39, 0.29) is 57.9 Å². The molecule has 0 spiro atoms. The summed E-state index contributed by atoms with van der Waals surface area (Å²) >= 11 is 0. The van der Waals surface area contributed by atoms with E-state index in [2.05, 4.69) is 54.0 Å². The molecule has 51 heavy (non-hydrogen) atoms. The van der Waals surface area contributed by atoms with Crippen LogP contribution >= 0.6 is 0 Å². The molecule has 6 fully saturated rings. The fraction of sp³-hybridized carbons (Fsp3) is 0.860. The van der Waals surface area contributed by atoms with E-state index in [1.165, 1.54) is 31.3 Å². The summed E-state index contributed by atoms with van der Waals surface area (Å²) in [4.78, 5) is 40.6. The van der Waals surface area contributed by atoms with Gasteiger partial charge >= 0.3 is 11.9 Å². The van der Waals surface area contributed by atoms with Crippen molar-refractivity contribution in [1.82, 2.24) is 4.90 Å². The van der Waals surface area contributed by atoms with Crippen LogP contribution in [0, 0.1) is 62.1 Å². The molecule has 288 valence electrons. The van der Waals surface area contributed by atoms with Gasteiger partial charge in [-0.25, -0.2) is 0 Å². The predicted octanol–water partition coefficient (Wildman–Crippen LogP) is 8.40. The number of carboxylic acid groups (broad SMARTS) is 1. The molecule has 1 heterocycles. The van der Waals surface area contributed by atoms with Gasteiger partial charge in [0.25, 0.3) is 0 Å². The molecule has 0 radical (unpaired) electrons. The largest absolute Gasteiger partial charge is 0.481 e. The van der Waals surface area contributed by atoms with E-state index in [1.807, 2.05) is 18.7 Å². The van der Waals surface area contributed by atoms with Crippen LogP contribution in [0.25, 0.3) is 0 Å². The minimum absolute atomic E-state index is 0.0153. The molecule has 0 aromatic carbocycles. The quantitative estimate of drug-likeness (QED) is 0.153. The highest BCUT2D eigenvalue weighted by atomic mass is 32.2. The summed E-state index contributed by atoms with van der Waals surface area (Å²) in [5, 5.41) is 9.34. The number of ether oxygens (including phenoxy) is 1. The third kappa shape index (κ3) is 6.45. The summed E-state index contributed by atoms with van der Waals surface area (Å²) in [5.41, 5.74) is 0.987. The highest BCUT2D eigenvalue weighted by Gasteiger charge is 2.71. The number of hydrogen-bond donors (Lipinski definition) is 1. The number of allylic oxidation sites excluding steroid dienone is 1. The third-order valence-electron chi connectivity index (χ3n) is 17.0. The second-order valence-corrected chi connectivity index (χ2v) is 23.5. The number of amides is 1. The average molecular weight is 728 g/mol. The number of nitrogens with zero attached hydrogens (tertiary/aromatic N) is 1. The van der Waals surface area contributed by atoms with Gasteiger partial charge in [-0.15, -0.1) is 0 Å². The molecule has 5 saturated carbocycles. The highest BCUT2D eigenvalue weighted by Crippen LogP contribution is 2.78. The van der Waals surface area contributed by atoms with Crippen LogP contribution in [0.1, 0.15) is 139 Å². The normalized spacial score (nSPS) is 42.8. The average Bonchev–Trinajstić information content (AvgIpc) is 3.37. The Labute approximate surface area is 309 Å². The van der Waals surface area contributed by atoms with Gasteiger partial charge in [-0.1, -0.05) is 60.6 Å². The van der Waals surface area contributed by atoms with Gasteiger partial charge in [0.2, 0.25) is 5.91 Å². The molecule has 1 amide bonds. The van der Waals surface area contributed by atoms with Crippen molar-refractivity contribution < 1.29 is 28.4 Å². The van der Waals surface area contributed by atoms with E-state index in [1.54, 1.807) is 0 Å². The van der Waals surface area contributed by atoms with Gasteiger partial charge in [0.15, 0.2) is 0 Å². The summed E-state index contributed by atoms with van der Waals surface area (Å²) < 4.78 is 18.9. The van der Waals surface area contributed by atoms with E-state index in [0.717, 1.165) is 38.5 Å². The number of carboxylic acids is 1. The van der Waals surface area contributed by atoms with Crippen LogP contribution < -0.4 is 0 Å². The Bertz CT molecular complexity index is 1530. The van der Waals surface area contributed by atoms with Crippen molar-refractivity contribution in [2.45, 2.75) is 145 Å². The Kier molecular flexibility index (Phi) is 9.83. The van der Waals surface area contributed by atoms with E-state index in [0.29, 0.717) is 60.6 Å². The first-order chi connectivity index (χ1) is 23.5. The molecule has 0 aromatic heterocycles. The first kappa shape index (κ1) is 38.9. The van der Waals surface area contributed by atoms with Gasteiger partial charge in [-0.2, -0.15) is 0 Å². The van der Waals surface area contributed by atoms with Gasteiger partial charge in [0, 0.05) is 36.4 Å². The van der Waals surface area contributed by atoms with Gasteiger partial charge in [0.1, 0.15) is 6.10 Å². The summed E-state index contributed by atoms with van der Waals surface area (Å²) in [5.74, 6) is 6.59. The molecule has 10 atom stereocenters. The van der Waals surface area contributed by atoms with Crippen molar-refractivity contribution in [3.8, 4) is 0 Å². The van der Waals surface area contributed by atoms with Gasteiger partial charge < -0.3 is 14.7 Å². The highest BCUT2D eigenvalue weighted by molar-refractivity contribution is 8.00. The lowest BCUT2D eigenvalue weighted by atomic mass is 9.32. The maximum atomic E-state index is 14.0. The van der Waals surface area contributed by atoms with Crippen LogP contribution in [0.2, 0.25) is 0 Å². The van der Waals surface area contributed by atoms with Crippen LogP contribution in [0.5, 0.6) is 0 Å². The second-order valence-electron chi connectivity index (χ2n) is 20.7. The van der Waals surface area contributed by atoms with Crippen molar-refractivity contribution >= 4 is 33.2 Å². The van der Waals surface area contributed by atoms with Crippen molar-refractivity contribution in [3.63, 3.8) is 0 Å². The lowest BCUT2D eigenvalue weighted by Gasteiger charge is -2.73. The third-order valence-corrected chi connectivity index (χ3v) is 18.9. The van der Waals surface area contributed by atoms with E-state index >= 15 is 0 Å². The Balaban J connectivity index is 1.23. The fourth-order valence-corrected chi connectivity index (χ4v) is 15.6. The Hall–Kier alpha value is -1.83. The van der Waals surface area contributed by atoms with Crippen LogP contribution in [0.3, 0.4) is 0 Å². The smallest absolute Gasteiger partial charge is 0.306 e. The summed E-state index contributed by atoms with van der Waals surface area (Å²) in [6, 6.07) is 0. The maximum absolute atomic E-state index is 14.0. The molecule has 5 aliphatic carbocycles. The lowest BCUT2D eigenvalue weighted by Crippen LogP contribution is -2.67. The van der Waals surface area contributed by atoms with Crippen LogP contribution in [0.15, 0.2) is 12.2 Å². The summed E-state index contributed by atoms with van der Waals surface area (Å²) in [6.07, 6.45) is 11.6. The first-order valence-electron chi connectivity index (χ1n) is 20.2. The molecule has 0 aromatic rings. The Morgan fingerprint density at radius 1 is 0.863 bits per heavy atom. The molecule has 0 bridgehead atoms. The number of carbonyl (C=O) groups is 3. The second kappa shape index (κ2) is 12.9. The van der Waals surface area contributed by atoms with Crippen LogP contribution in [-0.4, -0.2) is 68.6 Å².